The van der Waals surface area contributed by atoms with Gasteiger partial charge in [0.15, 0.2) is 0 Å². The molecule has 0 aromatic carbocycles. The Kier molecular flexibility index (Phi) is 2.71. The summed E-state index contributed by atoms with van der Waals surface area (Å²) in [5.41, 5.74) is 0. The second-order valence-corrected chi connectivity index (χ2v) is 5.27. The lowest BCUT2D eigenvalue weighted by Crippen LogP contribution is -2.52. The van der Waals surface area contributed by atoms with Crippen LogP contribution in [0.5, 0.6) is 0 Å². The minimum absolute atomic E-state index is 0.0438. The maximum absolute atomic E-state index is 9.61. The Morgan fingerprint density at radius 1 is 1.13 bits per heavy atom. The maximum atomic E-state index is 9.61. The number of fused-ring (bicyclic) bond motifs is 1. The molecule has 0 spiro atoms. The molecule has 3 heteroatoms. The molecule has 1 heterocycles. The average Bonchev–Trinajstić information content (AvgIpc) is 2.84. The van der Waals surface area contributed by atoms with Crippen LogP contribution in [0.25, 0.3) is 0 Å². The fourth-order valence-electron chi connectivity index (χ4n) is 3.64. The topological polar surface area (TPSA) is 32.7 Å². The highest BCUT2D eigenvalue weighted by atomic mass is 16.5. The van der Waals surface area contributed by atoms with Crippen LogP contribution in [0.3, 0.4) is 0 Å². The van der Waals surface area contributed by atoms with E-state index in [0.717, 1.165) is 26.0 Å². The molecule has 3 fully saturated rings. The lowest BCUT2D eigenvalue weighted by molar-refractivity contribution is -0.0719. The molecule has 3 rings (SSSR count). The fourth-order valence-corrected chi connectivity index (χ4v) is 3.64. The van der Waals surface area contributed by atoms with E-state index >= 15 is 0 Å². The summed E-state index contributed by atoms with van der Waals surface area (Å²) in [7, 11) is 0. The maximum Gasteiger partial charge on any atom is 0.0731 e. The molecule has 0 aromatic heterocycles. The molecule has 1 aliphatic heterocycles. The number of aliphatic hydroxyl groups excluding tert-OH is 1. The van der Waals surface area contributed by atoms with Gasteiger partial charge in [0.25, 0.3) is 0 Å². The molecule has 4 atom stereocenters. The molecule has 15 heavy (non-hydrogen) atoms. The fraction of sp³-hybridized carbons (Fsp3) is 1.00. The van der Waals surface area contributed by atoms with Crippen molar-refractivity contribution in [2.45, 2.75) is 62.8 Å². The molecule has 3 aliphatic rings. The average molecular weight is 211 g/mol. The number of ether oxygens (including phenoxy) is 1. The summed E-state index contributed by atoms with van der Waals surface area (Å²) >= 11 is 0. The lowest BCUT2D eigenvalue weighted by Gasteiger charge is -2.41. The van der Waals surface area contributed by atoms with Crippen molar-refractivity contribution in [1.82, 2.24) is 4.90 Å². The predicted octanol–water partition coefficient (Wildman–Crippen LogP) is 1.15. The zero-order valence-electron chi connectivity index (χ0n) is 9.27. The van der Waals surface area contributed by atoms with Gasteiger partial charge in [-0.25, -0.2) is 0 Å². The van der Waals surface area contributed by atoms with Crippen molar-refractivity contribution < 1.29 is 9.84 Å². The monoisotopic (exact) mass is 211 g/mol. The van der Waals surface area contributed by atoms with Crippen molar-refractivity contribution >= 4 is 0 Å². The summed E-state index contributed by atoms with van der Waals surface area (Å²) in [6.45, 7) is 1.98. The predicted molar refractivity (Wildman–Crippen MR) is 57.7 cm³/mol. The second-order valence-electron chi connectivity index (χ2n) is 5.27. The van der Waals surface area contributed by atoms with Gasteiger partial charge in [-0.05, 0) is 38.5 Å². The van der Waals surface area contributed by atoms with E-state index in [-0.39, 0.29) is 6.10 Å². The van der Waals surface area contributed by atoms with Crippen LogP contribution in [-0.4, -0.2) is 47.4 Å². The molecule has 0 bridgehead atoms. The second kappa shape index (κ2) is 4.04. The third kappa shape index (κ3) is 1.81. The van der Waals surface area contributed by atoms with Crippen molar-refractivity contribution in [3.63, 3.8) is 0 Å². The third-order valence-corrected chi connectivity index (χ3v) is 4.37. The Morgan fingerprint density at radius 3 is 2.87 bits per heavy atom. The Hall–Kier alpha value is -0.120. The zero-order valence-corrected chi connectivity index (χ0v) is 9.27. The Bertz CT molecular complexity index is 234. The highest BCUT2D eigenvalue weighted by Gasteiger charge is 2.40. The van der Waals surface area contributed by atoms with E-state index in [0.29, 0.717) is 18.2 Å². The van der Waals surface area contributed by atoms with E-state index in [1.807, 2.05) is 0 Å². The van der Waals surface area contributed by atoms with Crippen LogP contribution < -0.4 is 0 Å². The van der Waals surface area contributed by atoms with Crippen LogP contribution in [0.1, 0.15) is 38.5 Å². The normalized spacial score (nSPS) is 47.0. The van der Waals surface area contributed by atoms with Crippen molar-refractivity contribution in [1.29, 1.82) is 0 Å². The van der Waals surface area contributed by atoms with Gasteiger partial charge >= 0.3 is 0 Å². The molecule has 0 radical (unpaired) electrons. The van der Waals surface area contributed by atoms with Gasteiger partial charge in [-0.3, -0.25) is 4.90 Å². The highest BCUT2D eigenvalue weighted by molar-refractivity contribution is 4.94. The van der Waals surface area contributed by atoms with E-state index in [4.69, 9.17) is 4.74 Å². The quantitative estimate of drug-likeness (QED) is 0.706. The molecule has 1 saturated heterocycles. The molecule has 4 unspecified atom stereocenters. The number of hydrogen-bond acceptors (Lipinski definition) is 3. The number of rotatable bonds is 1. The first-order valence-corrected chi connectivity index (χ1v) is 6.40. The van der Waals surface area contributed by atoms with Gasteiger partial charge in [-0.15, -0.1) is 0 Å². The molecular formula is C12H21NO2. The van der Waals surface area contributed by atoms with Gasteiger partial charge in [0, 0.05) is 18.6 Å². The summed E-state index contributed by atoms with van der Waals surface area (Å²) in [6.07, 6.45) is 7.50. The largest absolute Gasteiger partial charge is 0.393 e. The van der Waals surface area contributed by atoms with Gasteiger partial charge in [0.05, 0.1) is 18.8 Å². The van der Waals surface area contributed by atoms with Gasteiger partial charge < -0.3 is 9.84 Å². The van der Waals surface area contributed by atoms with E-state index < -0.39 is 0 Å². The van der Waals surface area contributed by atoms with E-state index in [9.17, 15) is 5.11 Å². The van der Waals surface area contributed by atoms with Gasteiger partial charge in [0.2, 0.25) is 0 Å². The Labute approximate surface area is 91.4 Å². The zero-order chi connectivity index (χ0) is 10.3. The summed E-state index contributed by atoms with van der Waals surface area (Å²) in [5, 5.41) is 9.61. The smallest absolute Gasteiger partial charge is 0.0731 e. The number of morpholine rings is 1. The van der Waals surface area contributed by atoms with Gasteiger partial charge in [-0.2, -0.15) is 0 Å². The van der Waals surface area contributed by atoms with Crippen LogP contribution in [0, 0.1) is 0 Å². The van der Waals surface area contributed by atoms with Crippen LogP contribution in [0.15, 0.2) is 0 Å². The van der Waals surface area contributed by atoms with Gasteiger partial charge in [-0.1, -0.05) is 0 Å². The molecule has 3 nitrogen and oxygen atoms in total. The van der Waals surface area contributed by atoms with Crippen LogP contribution in [0.2, 0.25) is 0 Å². The summed E-state index contributed by atoms with van der Waals surface area (Å²) in [6, 6.07) is 1.29. The number of hydrogen-bond donors (Lipinski definition) is 1. The summed E-state index contributed by atoms with van der Waals surface area (Å²) in [5.74, 6) is 0. The molecule has 86 valence electrons. The van der Waals surface area contributed by atoms with E-state index in [1.54, 1.807) is 0 Å². The summed E-state index contributed by atoms with van der Waals surface area (Å²) in [4.78, 5) is 2.64. The van der Waals surface area contributed by atoms with Crippen molar-refractivity contribution in [3.05, 3.63) is 0 Å². The van der Waals surface area contributed by atoms with E-state index in [1.165, 1.54) is 25.7 Å². The van der Waals surface area contributed by atoms with E-state index in [2.05, 4.69) is 4.90 Å². The minimum Gasteiger partial charge on any atom is -0.393 e. The lowest BCUT2D eigenvalue weighted by atomic mass is 10.1. The SMILES string of the molecule is OC1CCC(N2CCOC3CCCC32)C1. The molecule has 1 N–H and O–H groups in total. The first kappa shape index (κ1) is 10.1. The van der Waals surface area contributed by atoms with Crippen molar-refractivity contribution in [2.75, 3.05) is 13.2 Å². The Balaban J connectivity index is 1.69. The molecule has 0 aromatic rings. The van der Waals surface area contributed by atoms with Crippen molar-refractivity contribution in [3.8, 4) is 0 Å². The number of nitrogens with zero attached hydrogens (tertiary/aromatic N) is 1. The first-order valence-electron chi connectivity index (χ1n) is 6.40. The summed E-state index contributed by atoms with van der Waals surface area (Å²) < 4.78 is 5.81. The third-order valence-electron chi connectivity index (χ3n) is 4.37. The molecule has 0 amide bonds. The first-order chi connectivity index (χ1) is 7.34. The number of aliphatic hydroxyl groups is 1. The van der Waals surface area contributed by atoms with Crippen LogP contribution >= 0.6 is 0 Å². The minimum atomic E-state index is -0.0438. The molecular weight excluding hydrogens is 190 g/mol. The van der Waals surface area contributed by atoms with Gasteiger partial charge in [0.1, 0.15) is 0 Å². The van der Waals surface area contributed by atoms with Crippen molar-refractivity contribution in [2.24, 2.45) is 0 Å². The van der Waals surface area contributed by atoms with Crippen LogP contribution in [-0.2, 0) is 4.74 Å². The highest BCUT2D eigenvalue weighted by Crippen LogP contribution is 2.35. The van der Waals surface area contributed by atoms with Crippen LogP contribution in [0.4, 0.5) is 0 Å². The molecule has 2 aliphatic carbocycles. The molecule has 2 saturated carbocycles. The Morgan fingerprint density at radius 2 is 2.07 bits per heavy atom. The standard InChI is InChI=1S/C12H21NO2/c14-10-5-4-9(8-10)13-6-7-15-12-3-1-2-11(12)13/h9-12,14H,1-8H2.